The van der Waals surface area contributed by atoms with Crippen LogP contribution < -0.4 is 4.90 Å². The summed E-state index contributed by atoms with van der Waals surface area (Å²) >= 11 is 0. The number of nitrogens with zero attached hydrogens (tertiary/aromatic N) is 4. The largest absolute Gasteiger partial charge is 0.417 e. The van der Waals surface area contributed by atoms with Crippen LogP contribution in [0.4, 0.5) is 27.9 Å². The number of benzene rings is 3. The molecule has 0 amide bonds. The first-order chi connectivity index (χ1) is 16.8. The van der Waals surface area contributed by atoms with Crippen LogP contribution in [0.25, 0.3) is 33.3 Å². The van der Waals surface area contributed by atoms with E-state index < -0.39 is 28.9 Å². The molecule has 0 spiro atoms. The molecule has 4 nitrogen and oxygen atoms in total. The number of hydrogen-bond acceptors (Lipinski definition) is 4. The second-order valence-electron chi connectivity index (χ2n) is 8.26. The van der Waals surface area contributed by atoms with E-state index in [1.165, 1.54) is 30.3 Å². The quantitative estimate of drug-likeness (QED) is 0.305. The summed E-state index contributed by atoms with van der Waals surface area (Å²) in [4.78, 5) is 11.2. The highest BCUT2D eigenvalue weighted by Gasteiger charge is 2.35. The molecular formula is C26H17F5N4. The number of nitriles is 1. The highest BCUT2D eigenvalue weighted by atomic mass is 19.4. The Morgan fingerprint density at radius 1 is 0.857 bits per heavy atom. The van der Waals surface area contributed by atoms with E-state index in [0.29, 0.717) is 22.4 Å². The predicted octanol–water partition coefficient (Wildman–Crippen LogP) is 6.73. The van der Waals surface area contributed by atoms with Crippen LogP contribution in [0.1, 0.15) is 24.0 Å². The van der Waals surface area contributed by atoms with Gasteiger partial charge in [-0.25, -0.2) is 18.7 Å². The normalized spacial score (nSPS) is 13.9. The van der Waals surface area contributed by atoms with Crippen LogP contribution in [0.15, 0.2) is 54.6 Å². The van der Waals surface area contributed by atoms with E-state index in [0.717, 1.165) is 50.2 Å². The SMILES string of the molecule is N#Cc1ccc(-c2nc(N3CCCC3)nc3ccc(-c4c(F)cccc4C(F)(F)F)cc23)cc1F. The Morgan fingerprint density at radius 3 is 2.29 bits per heavy atom. The maximum atomic E-state index is 14.7. The topological polar surface area (TPSA) is 52.8 Å². The van der Waals surface area contributed by atoms with Crippen molar-refractivity contribution in [2.45, 2.75) is 19.0 Å². The Hall–Kier alpha value is -4.06. The summed E-state index contributed by atoms with van der Waals surface area (Å²) in [5.74, 6) is -1.34. The summed E-state index contributed by atoms with van der Waals surface area (Å²) < 4.78 is 70.1. The zero-order chi connectivity index (χ0) is 24.7. The van der Waals surface area contributed by atoms with Crippen molar-refractivity contribution < 1.29 is 22.0 Å². The molecule has 0 aliphatic carbocycles. The maximum absolute atomic E-state index is 14.7. The minimum atomic E-state index is -4.76. The number of aromatic nitrogens is 2. The van der Waals surface area contributed by atoms with E-state index in [1.54, 1.807) is 6.07 Å². The fourth-order valence-corrected chi connectivity index (χ4v) is 4.36. The van der Waals surface area contributed by atoms with Gasteiger partial charge < -0.3 is 4.90 Å². The first-order valence-electron chi connectivity index (χ1n) is 10.9. The number of rotatable bonds is 3. The first kappa shape index (κ1) is 22.7. The summed E-state index contributed by atoms with van der Waals surface area (Å²) in [6, 6.07) is 12.9. The van der Waals surface area contributed by atoms with Crippen molar-refractivity contribution >= 4 is 16.9 Å². The minimum Gasteiger partial charge on any atom is -0.341 e. The second-order valence-corrected chi connectivity index (χ2v) is 8.26. The van der Waals surface area contributed by atoms with Crippen LogP contribution in [0.3, 0.4) is 0 Å². The van der Waals surface area contributed by atoms with Crippen molar-refractivity contribution in [3.05, 3.63) is 77.4 Å². The van der Waals surface area contributed by atoms with Crippen LogP contribution >= 0.6 is 0 Å². The Kier molecular flexibility index (Phi) is 5.59. The molecule has 0 radical (unpaired) electrons. The summed E-state index contributed by atoms with van der Waals surface area (Å²) in [6.07, 6.45) is -2.83. The van der Waals surface area contributed by atoms with Crippen LogP contribution in [0.5, 0.6) is 0 Å². The van der Waals surface area contributed by atoms with Gasteiger partial charge in [0.2, 0.25) is 5.95 Å². The molecule has 5 rings (SSSR count). The highest BCUT2D eigenvalue weighted by Crippen LogP contribution is 2.40. The molecule has 0 unspecified atom stereocenters. The van der Waals surface area contributed by atoms with Gasteiger partial charge in [-0.3, -0.25) is 0 Å². The van der Waals surface area contributed by atoms with Gasteiger partial charge in [0.1, 0.15) is 17.7 Å². The lowest BCUT2D eigenvalue weighted by Crippen LogP contribution is -2.20. The van der Waals surface area contributed by atoms with Gasteiger partial charge in [-0.05, 0) is 54.8 Å². The summed E-state index contributed by atoms with van der Waals surface area (Å²) in [7, 11) is 0. The second kappa shape index (κ2) is 8.62. The Morgan fingerprint density at radius 2 is 1.60 bits per heavy atom. The lowest BCUT2D eigenvalue weighted by molar-refractivity contribution is -0.137. The Balaban J connectivity index is 1.77. The number of alkyl halides is 3. The number of halogens is 5. The van der Waals surface area contributed by atoms with Crippen LogP contribution in [0, 0.1) is 23.0 Å². The zero-order valence-electron chi connectivity index (χ0n) is 18.2. The van der Waals surface area contributed by atoms with Gasteiger partial charge in [0, 0.05) is 29.6 Å². The van der Waals surface area contributed by atoms with Gasteiger partial charge in [0.15, 0.2) is 0 Å². The molecule has 1 saturated heterocycles. The molecule has 0 atom stereocenters. The summed E-state index contributed by atoms with van der Waals surface area (Å²) in [5.41, 5.74) is -0.789. The lowest BCUT2D eigenvalue weighted by atomic mass is 9.95. The molecule has 0 saturated carbocycles. The van der Waals surface area contributed by atoms with Crippen molar-refractivity contribution in [2.75, 3.05) is 18.0 Å². The fourth-order valence-electron chi connectivity index (χ4n) is 4.36. The number of anilines is 1. The van der Waals surface area contributed by atoms with E-state index in [1.807, 2.05) is 4.90 Å². The Labute approximate surface area is 197 Å². The van der Waals surface area contributed by atoms with E-state index >= 15 is 0 Å². The summed E-state index contributed by atoms with van der Waals surface area (Å²) in [6.45, 7) is 1.49. The van der Waals surface area contributed by atoms with Crippen molar-refractivity contribution in [2.24, 2.45) is 0 Å². The molecule has 2 heterocycles. The zero-order valence-corrected chi connectivity index (χ0v) is 18.2. The van der Waals surface area contributed by atoms with Gasteiger partial charge in [0.05, 0.1) is 22.3 Å². The smallest absolute Gasteiger partial charge is 0.341 e. The van der Waals surface area contributed by atoms with Crippen LogP contribution in [-0.4, -0.2) is 23.1 Å². The third kappa shape index (κ3) is 4.16. The maximum Gasteiger partial charge on any atom is 0.417 e. The predicted molar refractivity (Wildman–Crippen MR) is 121 cm³/mol. The fraction of sp³-hybridized carbons (Fsp3) is 0.192. The van der Waals surface area contributed by atoms with Gasteiger partial charge in [-0.1, -0.05) is 18.2 Å². The monoisotopic (exact) mass is 480 g/mol. The molecule has 3 aromatic carbocycles. The minimum absolute atomic E-state index is 0.00388. The molecule has 1 aliphatic rings. The van der Waals surface area contributed by atoms with E-state index in [2.05, 4.69) is 9.97 Å². The Bertz CT molecular complexity index is 1480. The van der Waals surface area contributed by atoms with Gasteiger partial charge >= 0.3 is 6.18 Å². The molecule has 176 valence electrons. The number of fused-ring (bicyclic) bond motifs is 1. The molecule has 1 aromatic heterocycles. The molecule has 4 aromatic rings. The molecule has 9 heteroatoms. The molecule has 35 heavy (non-hydrogen) atoms. The highest BCUT2D eigenvalue weighted by molar-refractivity contribution is 5.96. The number of hydrogen-bond donors (Lipinski definition) is 0. The first-order valence-corrected chi connectivity index (χ1v) is 10.9. The molecule has 0 N–H and O–H groups in total. The third-order valence-electron chi connectivity index (χ3n) is 6.04. The standard InChI is InChI=1S/C26H17F5N4/c27-20-5-3-4-19(26(29,30)31)23(20)15-8-9-22-18(12-15)24(16-6-7-17(14-32)21(28)13-16)34-25(33-22)35-10-1-2-11-35/h3-9,12-13H,1-2,10-11H2. The van der Waals surface area contributed by atoms with Crippen LogP contribution in [-0.2, 0) is 6.18 Å². The van der Waals surface area contributed by atoms with E-state index in [9.17, 15) is 22.0 Å². The van der Waals surface area contributed by atoms with Crippen molar-refractivity contribution in [3.63, 3.8) is 0 Å². The van der Waals surface area contributed by atoms with Crippen LogP contribution in [0.2, 0.25) is 0 Å². The summed E-state index contributed by atoms with van der Waals surface area (Å²) in [5, 5.41) is 9.41. The van der Waals surface area contributed by atoms with Gasteiger partial charge in [-0.2, -0.15) is 18.4 Å². The molecule has 0 bridgehead atoms. The third-order valence-corrected chi connectivity index (χ3v) is 6.04. The van der Waals surface area contributed by atoms with E-state index in [4.69, 9.17) is 5.26 Å². The van der Waals surface area contributed by atoms with Gasteiger partial charge in [-0.15, -0.1) is 0 Å². The average molecular weight is 480 g/mol. The lowest BCUT2D eigenvalue weighted by Gasteiger charge is -2.18. The van der Waals surface area contributed by atoms with Crippen molar-refractivity contribution in [3.8, 4) is 28.5 Å². The molecule has 1 aliphatic heterocycles. The molecule has 1 fully saturated rings. The van der Waals surface area contributed by atoms with Crippen molar-refractivity contribution in [1.82, 2.24) is 9.97 Å². The molecular weight excluding hydrogens is 463 g/mol. The average Bonchev–Trinajstić information content (AvgIpc) is 3.37. The van der Waals surface area contributed by atoms with Gasteiger partial charge in [0.25, 0.3) is 0 Å². The van der Waals surface area contributed by atoms with E-state index in [-0.39, 0.29) is 16.8 Å². The van der Waals surface area contributed by atoms with Crippen molar-refractivity contribution in [1.29, 1.82) is 5.26 Å².